The van der Waals surface area contributed by atoms with Crippen LogP contribution in [0.5, 0.6) is 40.2 Å². The van der Waals surface area contributed by atoms with Crippen LogP contribution in [0.4, 0.5) is 0 Å². The van der Waals surface area contributed by atoms with Crippen LogP contribution in [-0.4, -0.2) is 36.5 Å². The van der Waals surface area contributed by atoms with Gasteiger partial charge in [-0.25, -0.2) is 4.79 Å². The molecule has 0 saturated carbocycles. The molecular weight excluding hydrogens is 684 g/mol. The molecule has 54 heavy (non-hydrogen) atoms. The van der Waals surface area contributed by atoms with Crippen LogP contribution in [0.2, 0.25) is 0 Å². The molecule has 0 aromatic heterocycles. The first-order valence-corrected chi connectivity index (χ1v) is 17.5. The van der Waals surface area contributed by atoms with Gasteiger partial charge in [-0.05, 0) is 58.1 Å². The van der Waals surface area contributed by atoms with E-state index >= 15 is 0 Å². The van der Waals surface area contributed by atoms with Crippen molar-refractivity contribution in [2.24, 2.45) is 0 Å². The summed E-state index contributed by atoms with van der Waals surface area (Å²) in [7, 11) is 2.98. The molecule has 2 N–H and O–H groups in total. The predicted molar refractivity (Wildman–Crippen MR) is 205 cm³/mol. The van der Waals surface area contributed by atoms with Crippen molar-refractivity contribution in [3.63, 3.8) is 0 Å². The summed E-state index contributed by atoms with van der Waals surface area (Å²) in [6.45, 7) is 0.653. The van der Waals surface area contributed by atoms with Gasteiger partial charge in [-0.3, -0.25) is 0 Å². The van der Waals surface area contributed by atoms with Gasteiger partial charge in [-0.1, -0.05) is 103 Å². The lowest BCUT2D eigenvalue weighted by molar-refractivity contribution is 0.0300. The Balaban J connectivity index is 1.36. The normalized spacial score (nSPS) is 11.3. The second kappa shape index (κ2) is 18.2. The molecule has 0 heterocycles. The Labute approximate surface area is 314 Å². The highest BCUT2D eigenvalue weighted by Gasteiger charge is 2.24. The zero-order valence-electron chi connectivity index (χ0n) is 30.1. The van der Waals surface area contributed by atoms with E-state index in [1.54, 1.807) is 36.4 Å². The molecule has 0 fully saturated rings. The second-order valence-corrected chi connectivity index (χ2v) is 12.6. The molecule has 0 saturated heterocycles. The molecule has 6 aromatic rings. The van der Waals surface area contributed by atoms with E-state index in [2.05, 4.69) is 0 Å². The summed E-state index contributed by atoms with van der Waals surface area (Å²) < 4.78 is 36.0. The van der Waals surface area contributed by atoms with E-state index in [1.165, 1.54) is 26.4 Å². The largest absolute Gasteiger partial charge is 0.508 e. The highest BCUT2D eigenvalue weighted by atomic mass is 16.6. The number of carbonyl (C=O) groups excluding carboxylic acids is 1. The molecular formula is C45H42O9. The molecule has 276 valence electrons. The van der Waals surface area contributed by atoms with Crippen LogP contribution >= 0.6 is 0 Å². The van der Waals surface area contributed by atoms with Crippen LogP contribution in [0.15, 0.2) is 140 Å². The minimum atomic E-state index is -0.748. The first kappa shape index (κ1) is 37.2. The summed E-state index contributed by atoms with van der Waals surface area (Å²) in [5.74, 6) is 1.10. The number of rotatable bonds is 17. The van der Waals surface area contributed by atoms with Crippen molar-refractivity contribution in [2.75, 3.05) is 14.2 Å². The summed E-state index contributed by atoms with van der Waals surface area (Å²) in [5, 5.41) is 21.0. The van der Waals surface area contributed by atoms with Gasteiger partial charge in [-0.2, -0.15) is 0 Å². The topological polar surface area (TPSA) is 113 Å². The first-order valence-electron chi connectivity index (χ1n) is 17.5. The average Bonchev–Trinajstić information content (AvgIpc) is 3.21. The maximum absolute atomic E-state index is 14.2. The number of phenolic OH excluding ortho intramolecular Hbond substituents is 2. The molecule has 0 radical (unpaired) electrons. The van der Waals surface area contributed by atoms with Gasteiger partial charge in [0.1, 0.15) is 37.4 Å². The summed E-state index contributed by atoms with van der Waals surface area (Å²) in [6.07, 6.45) is -0.319. The lowest BCUT2D eigenvalue weighted by atomic mass is 9.99. The Bertz CT molecular complexity index is 2050. The van der Waals surface area contributed by atoms with E-state index in [1.807, 2.05) is 91.0 Å². The standard InChI is InChI=1S/C45H42O9/c1-49-37-20-19-35(40(47)27-37)24-38(22-34-18-21-39(46)41(23-34)50-2)54-45(48)36-25-42(51-28-31-12-6-3-7-13-31)44(53-30-33-16-10-5-11-17-33)43(26-36)52-29-32-14-8-4-9-15-32/h3-21,23,25-27,38,46-47H,22,24,28-30H2,1-2H3. The monoisotopic (exact) mass is 726 g/mol. The SMILES string of the molecule is COc1ccc(CC(Cc2ccc(O)c(OC)c2)OC(=O)c2cc(OCc3ccccc3)c(OCc3ccccc3)c(OCc3ccccc3)c2)c(O)c1. The van der Waals surface area contributed by atoms with E-state index in [-0.39, 0.29) is 55.5 Å². The molecule has 0 bridgehead atoms. The molecule has 9 nitrogen and oxygen atoms in total. The highest BCUT2D eigenvalue weighted by molar-refractivity contribution is 5.91. The van der Waals surface area contributed by atoms with Crippen LogP contribution < -0.4 is 23.7 Å². The molecule has 0 spiro atoms. The third-order valence-corrected chi connectivity index (χ3v) is 8.68. The summed E-state index contributed by atoms with van der Waals surface area (Å²) >= 11 is 0. The summed E-state index contributed by atoms with van der Waals surface area (Å²) in [6, 6.07) is 42.3. The number of aromatic hydroxyl groups is 2. The van der Waals surface area contributed by atoms with Gasteiger partial charge in [0.15, 0.2) is 23.0 Å². The van der Waals surface area contributed by atoms with Crippen LogP contribution in [0.25, 0.3) is 0 Å². The highest BCUT2D eigenvalue weighted by Crippen LogP contribution is 2.41. The Kier molecular flexibility index (Phi) is 12.5. The Morgan fingerprint density at radius 1 is 0.537 bits per heavy atom. The molecule has 6 aromatic carbocycles. The fourth-order valence-electron chi connectivity index (χ4n) is 5.83. The van der Waals surface area contributed by atoms with Crippen molar-refractivity contribution in [2.45, 2.75) is 38.8 Å². The lowest BCUT2D eigenvalue weighted by Crippen LogP contribution is -2.23. The Morgan fingerprint density at radius 3 is 1.61 bits per heavy atom. The number of hydrogen-bond acceptors (Lipinski definition) is 9. The average molecular weight is 727 g/mol. The fourth-order valence-corrected chi connectivity index (χ4v) is 5.83. The maximum atomic E-state index is 14.2. The van der Waals surface area contributed by atoms with Gasteiger partial charge in [0, 0.05) is 18.9 Å². The molecule has 0 aliphatic carbocycles. The minimum Gasteiger partial charge on any atom is -0.508 e. The first-order chi connectivity index (χ1) is 26.4. The quantitative estimate of drug-likeness (QED) is 0.0891. The maximum Gasteiger partial charge on any atom is 0.338 e. The molecule has 9 heteroatoms. The summed E-state index contributed by atoms with van der Waals surface area (Å²) in [5.41, 5.74) is 4.28. The van der Waals surface area contributed by atoms with Crippen LogP contribution in [0.1, 0.15) is 38.2 Å². The number of carbonyl (C=O) groups is 1. The Morgan fingerprint density at radius 2 is 1.09 bits per heavy atom. The number of methoxy groups -OCH3 is 2. The van der Waals surface area contributed by atoms with Gasteiger partial charge in [0.2, 0.25) is 5.75 Å². The second-order valence-electron chi connectivity index (χ2n) is 12.6. The minimum absolute atomic E-state index is 0.00630. The van der Waals surface area contributed by atoms with E-state index in [4.69, 9.17) is 28.4 Å². The number of benzene rings is 6. The number of phenols is 2. The van der Waals surface area contributed by atoms with Crippen molar-refractivity contribution < 1.29 is 43.4 Å². The zero-order chi connectivity index (χ0) is 37.7. The molecule has 0 aliphatic heterocycles. The van der Waals surface area contributed by atoms with Crippen LogP contribution in [-0.2, 0) is 37.4 Å². The lowest BCUT2D eigenvalue weighted by Gasteiger charge is -2.21. The van der Waals surface area contributed by atoms with Gasteiger partial charge in [-0.15, -0.1) is 0 Å². The van der Waals surface area contributed by atoms with Crippen LogP contribution in [0.3, 0.4) is 0 Å². The van der Waals surface area contributed by atoms with Gasteiger partial charge < -0.3 is 38.6 Å². The molecule has 6 rings (SSSR count). The molecule has 1 unspecified atom stereocenters. The van der Waals surface area contributed by atoms with E-state index in [0.717, 1.165) is 22.3 Å². The third-order valence-electron chi connectivity index (χ3n) is 8.68. The molecule has 0 aliphatic rings. The Hall–Kier alpha value is -6.61. The van der Waals surface area contributed by atoms with Gasteiger partial charge in [0.25, 0.3) is 0 Å². The van der Waals surface area contributed by atoms with Crippen molar-refractivity contribution in [3.05, 3.63) is 173 Å². The number of esters is 1. The van der Waals surface area contributed by atoms with Crippen molar-refractivity contribution in [1.29, 1.82) is 0 Å². The van der Waals surface area contributed by atoms with Crippen molar-refractivity contribution in [1.82, 2.24) is 0 Å². The fraction of sp³-hybridized carbons (Fsp3) is 0.178. The van der Waals surface area contributed by atoms with E-state index in [9.17, 15) is 15.0 Å². The zero-order valence-corrected chi connectivity index (χ0v) is 30.1. The van der Waals surface area contributed by atoms with Crippen molar-refractivity contribution in [3.8, 4) is 40.2 Å². The van der Waals surface area contributed by atoms with E-state index in [0.29, 0.717) is 28.6 Å². The van der Waals surface area contributed by atoms with Crippen LogP contribution in [0, 0.1) is 0 Å². The molecule has 0 amide bonds. The van der Waals surface area contributed by atoms with Gasteiger partial charge in [0.05, 0.1) is 19.8 Å². The molecule has 1 atom stereocenters. The smallest absolute Gasteiger partial charge is 0.338 e. The predicted octanol–water partition coefficient (Wildman–Crippen LogP) is 8.86. The van der Waals surface area contributed by atoms with E-state index < -0.39 is 12.1 Å². The summed E-state index contributed by atoms with van der Waals surface area (Å²) in [4.78, 5) is 14.2. The third kappa shape index (κ3) is 10.0. The van der Waals surface area contributed by atoms with Gasteiger partial charge >= 0.3 is 5.97 Å². The number of hydrogen-bond donors (Lipinski definition) is 2. The number of ether oxygens (including phenoxy) is 6. The van der Waals surface area contributed by atoms with Crippen molar-refractivity contribution >= 4 is 5.97 Å².